The molecule has 2 aromatic carbocycles. The van der Waals surface area contributed by atoms with Crippen molar-refractivity contribution in [1.82, 2.24) is 9.97 Å². The molecule has 0 radical (unpaired) electrons. The van der Waals surface area contributed by atoms with Crippen LogP contribution in [0, 0.1) is 0 Å². The lowest BCUT2D eigenvalue weighted by atomic mass is 10.1. The molecule has 0 saturated carbocycles. The average molecular weight is 407 g/mol. The van der Waals surface area contributed by atoms with E-state index >= 15 is 0 Å². The number of para-hydroxylation sites is 1. The molecule has 1 saturated heterocycles. The largest absolute Gasteiger partial charge is 0.378 e. The molecule has 1 aliphatic rings. The van der Waals surface area contributed by atoms with Crippen molar-refractivity contribution in [3.63, 3.8) is 0 Å². The zero-order valence-corrected chi connectivity index (χ0v) is 16.8. The number of rotatable bonds is 5. The van der Waals surface area contributed by atoms with Gasteiger partial charge in [0.05, 0.1) is 23.4 Å². The summed E-state index contributed by atoms with van der Waals surface area (Å²) in [6.07, 6.45) is 3.15. The number of nitrogens with one attached hydrogen (secondary N) is 2. The van der Waals surface area contributed by atoms with Crippen LogP contribution in [-0.2, 0) is 16.0 Å². The molecule has 4 aromatic rings. The summed E-state index contributed by atoms with van der Waals surface area (Å²) >= 11 is 1.66. The highest BCUT2D eigenvalue weighted by atomic mass is 32.1. The first-order valence-corrected chi connectivity index (χ1v) is 10.7. The van der Waals surface area contributed by atoms with Gasteiger partial charge in [0, 0.05) is 42.3 Å². The van der Waals surface area contributed by atoms with Gasteiger partial charge in [-0.3, -0.25) is 4.79 Å². The van der Waals surface area contributed by atoms with Crippen LogP contribution in [0.5, 0.6) is 0 Å². The monoisotopic (exact) mass is 406 g/mol. The van der Waals surface area contributed by atoms with Gasteiger partial charge in [0.15, 0.2) is 5.13 Å². The predicted octanol–water partition coefficient (Wildman–Crippen LogP) is 4.19. The highest BCUT2D eigenvalue weighted by molar-refractivity contribution is 7.22. The lowest BCUT2D eigenvalue weighted by Crippen LogP contribution is -2.36. The molecule has 0 bridgehead atoms. The fourth-order valence-electron chi connectivity index (χ4n) is 3.69. The summed E-state index contributed by atoms with van der Waals surface area (Å²) in [5.74, 6) is 0.0209. The number of carbonyl (C=O) groups is 1. The number of H-pyrrole nitrogens is 1. The van der Waals surface area contributed by atoms with Gasteiger partial charge in [-0.15, -0.1) is 0 Å². The molecule has 148 valence electrons. The minimum absolute atomic E-state index is 0.0209. The van der Waals surface area contributed by atoms with Crippen LogP contribution in [-0.4, -0.2) is 42.2 Å². The molecule has 1 fully saturated rings. The molecule has 1 aliphatic heterocycles. The standard InChI is InChI=1S/C22H22N4O2S/c27-21(8-5-15-14-23-18-4-2-1-3-17(15)18)24-16-6-7-19-20(13-16)29-22(25-19)26-9-11-28-12-10-26/h1-4,6-7,13-14,23H,5,8-12H2,(H,24,27). The first-order valence-electron chi connectivity index (χ1n) is 9.84. The van der Waals surface area contributed by atoms with Crippen molar-refractivity contribution in [3.8, 4) is 0 Å². The van der Waals surface area contributed by atoms with E-state index in [0.717, 1.165) is 52.9 Å². The quantitative estimate of drug-likeness (QED) is 0.522. The number of fused-ring (bicyclic) bond motifs is 2. The van der Waals surface area contributed by atoms with E-state index in [4.69, 9.17) is 9.72 Å². The second-order valence-corrected chi connectivity index (χ2v) is 8.20. The summed E-state index contributed by atoms with van der Waals surface area (Å²) in [6, 6.07) is 14.1. The number of morpholine rings is 1. The number of benzene rings is 2. The topological polar surface area (TPSA) is 70.2 Å². The maximum absolute atomic E-state index is 12.5. The molecule has 0 aliphatic carbocycles. The number of thiazole rings is 1. The molecule has 7 heteroatoms. The summed E-state index contributed by atoms with van der Waals surface area (Å²) in [6.45, 7) is 3.23. The van der Waals surface area contributed by atoms with E-state index in [9.17, 15) is 4.79 Å². The van der Waals surface area contributed by atoms with E-state index in [-0.39, 0.29) is 5.91 Å². The van der Waals surface area contributed by atoms with E-state index < -0.39 is 0 Å². The van der Waals surface area contributed by atoms with Gasteiger partial charge in [-0.05, 0) is 36.2 Å². The molecule has 3 heterocycles. The van der Waals surface area contributed by atoms with Crippen LogP contribution in [0.1, 0.15) is 12.0 Å². The molecular formula is C22H22N4O2S. The van der Waals surface area contributed by atoms with Crippen molar-refractivity contribution in [1.29, 1.82) is 0 Å². The Morgan fingerprint density at radius 3 is 2.97 bits per heavy atom. The van der Waals surface area contributed by atoms with E-state index in [2.05, 4.69) is 21.3 Å². The third-order valence-corrected chi connectivity index (χ3v) is 6.32. The number of nitrogens with zero attached hydrogens (tertiary/aromatic N) is 2. The Hall–Kier alpha value is -2.90. The Morgan fingerprint density at radius 2 is 2.07 bits per heavy atom. The Balaban J connectivity index is 1.25. The van der Waals surface area contributed by atoms with E-state index in [0.29, 0.717) is 12.8 Å². The number of carbonyl (C=O) groups excluding carboxylic acids is 1. The van der Waals surface area contributed by atoms with E-state index in [1.807, 2.05) is 42.6 Å². The third-order valence-electron chi connectivity index (χ3n) is 5.24. The number of hydrogen-bond donors (Lipinski definition) is 2. The van der Waals surface area contributed by atoms with Gasteiger partial charge in [0.1, 0.15) is 0 Å². The molecule has 0 unspecified atom stereocenters. The number of hydrogen-bond acceptors (Lipinski definition) is 5. The summed E-state index contributed by atoms with van der Waals surface area (Å²) in [5.41, 5.74) is 4.06. The Morgan fingerprint density at radius 1 is 1.21 bits per heavy atom. The first-order chi connectivity index (χ1) is 14.3. The molecule has 1 amide bonds. The number of ether oxygens (including phenoxy) is 1. The molecule has 2 aromatic heterocycles. The van der Waals surface area contributed by atoms with Gasteiger partial charge in [0.2, 0.25) is 5.91 Å². The molecule has 29 heavy (non-hydrogen) atoms. The van der Waals surface area contributed by atoms with Crippen molar-refractivity contribution < 1.29 is 9.53 Å². The van der Waals surface area contributed by atoms with Crippen molar-refractivity contribution in [2.24, 2.45) is 0 Å². The highest BCUT2D eigenvalue weighted by Gasteiger charge is 2.16. The Bertz CT molecular complexity index is 1160. The number of aryl methyl sites for hydroxylation is 1. The smallest absolute Gasteiger partial charge is 0.224 e. The lowest BCUT2D eigenvalue weighted by molar-refractivity contribution is -0.116. The normalized spacial score (nSPS) is 14.6. The van der Waals surface area contributed by atoms with Crippen LogP contribution >= 0.6 is 11.3 Å². The molecule has 2 N–H and O–H groups in total. The SMILES string of the molecule is O=C(CCc1c[nH]c2ccccc12)Nc1ccc2nc(N3CCOCC3)sc2c1. The number of anilines is 2. The summed E-state index contributed by atoms with van der Waals surface area (Å²) in [5, 5.41) is 5.23. The number of aromatic amines is 1. The molecule has 5 rings (SSSR count). The van der Waals surface area contributed by atoms with Crippen molar-refractivity contribution >= 4 is 49.2 Å². The van der Waals surface area contributed by atoms with Crippen LogP contribution in [0.25, 0.3) is 21.1 Å². The zero-order chi connectivity index (χ0) is 19.6. The van der Waals surface area contributed by atoms with Gasteiger partial charge in [-0.2, -0.15) is 0 Å². The minimum Gasteiger partial charge on any atom is -0.378 e. The fourth-order valence-corrected chi connectivity index (χ4v) is 4.75. The molecular weight excluding hydrogens is 384 g/mol. The van der Waals surface area contributed by atoms with Crippen molar-refractivity contribution in [3.05, 3.63) is 54.2 Å². The number of aromatic nitrogens is 2. The van der Waals surface area contributed by atoms with Gasteiger partial charge in [-0.25, -0.2) is 4.98 Å². The Labute approximate surface area is 172 Å². The van der Waals surface area contributed by atoms with Gasteiger partial charge in [0.25, 0.3) is 0 Å². The summed E-state index contributed by atoms with van der Waals surface area (Å²) in [4.78, 5) is 22.7. The van der Waals surface area contributed by atoms with Gasteiger partial charge >= 0.3 is 0 Å². The van der Waals surface area contributed by atoms with Crippen LogP contribution in [0.2, 0.25) is 0 Å². The highest BCUT2D eigenvalue weighted by Crippen LogP contribution is 2.31. The zero-order valence-electron chi connectivity index (χ0n) is 16.0. The predicted molar refractivity (Wildman–Crippen MR) is 118 cm³/mol. The molecule has 6 nitrogen and oxygen atoms in total. The Kier molecular flexibility index (Phi) is 4.91. The maximum atomic E-state index is 12.5. The van der Waals surface area contributed by atoms with E-state index in [1.54, 1.807) is 11.3 Å². The van der Waals surface area contributed by atoms with E-state index in [1.165, 1.54) is 10.9 Å². The van der Waals surface area contributed by atoms with Gasteiger partial charge in [-0.1, -0.05) is 29.5 Å². The van der Waals surface area contributed by atoms with Crippen LogP contribution < -0.4 is 10.2 Å². The lowest BCUT2D eigenvalue weighted by Gasteiger charge is -2.25. The second-order valence-electron chi connectivity index (χ2n) is 7.19. The molecule has 0 spiro atoms. The number of amides is 1. The van der Waals surface area contributed by atoms with Crippen LogP contribution in [0.15, 0.2) is 48.7 Å². The summed E-state index contributed by atoms with van der Waals surface area (Å²) in [7, 11) is 0. The fraction of sp³-hybridized carbons (Fsp3) is 0.273. The average Bonchev–Trinajstić information content (AvgIpc) is 3.37. The molecule has 0 atom stereocenters. The minimum atomic E-state index is 0.0209. The van der Waals surface area contributed by atoms with Crippen LogP contribution in [0.3, 0.4) is 0 Å². The second kappa shape index (κ2) is 7.85. The van der Waals surface area contributed by atoms with Crippen LogP contribution in [0.4, 0.5) is 10.8 Å². The maximum Gasteiger partial charge on any atom is 0.224 e. The van der Waals surface area contributed by atoms with Crippen molar-refractivity contribution in [2.45, 2.75) is 12.8 Å². The third kappa shape index (κ3) is 3.83. The van der Waals surface area contributed by atoms with Gasteiger partial charge < -0.3 is 19.9 Å². The first kappa shape index (κ1) is 18.1. The van der Waals surface area contributed by atoms with Crippen molar-refractivity contribution in [2.75, 3.05) is 36.5 Å². The summed E-state index contributed by atoms with van der Waals surface area (Å²) < 4.78 is 6.50.